The fourth-order valence-corrected chi connectivity index (χ4v) is 1.68. The molecule has 1 atom stereocenters. The Morgan fingerprint density at radius 1 is 1.22 bits per heavy atom. The summed E-state index contributed by atoms with van der Waals surface area (Å²) < 4.78 is 18.1. The molecule has 18 heavy (non-hydrogen) atoms. The quantitative estimate of drug-likeness (QED) is 0.902. The molecule has 0 amide bonds. The van der Waals surface area contributed by atoms with Crippen LogP contribution in [0, 0.1) is 12.7 Å². The minimum absolute atomic E-state index is 0.348. The van der Waals surface area contributed by atoms with Crippen molar-refractivity contribution >= 4 is 0 Å². The molecule has 1 aromatic carbocycles. The molecule has 0 saturated heterocycles. The summed E-state index contributed by atoms with van der Waals surface area (Å²) >= 11 is 0. The van der Waals surface area contributed by atoms with Gasteiger partial charge in [0.15, 0.2) is 0 Å². The van der Waals surface area contributed by atoms with Gasteiger partial charge in [0, 0.05) is 6.07 Å². The Balaban J connectivity index is 2.31. The molecule has 0 aliphatic carbocycles. The van der Waals surface area contributed by atoms with E-state index in [1.165, 1.54) is 19.2 Å². The highest BCUT2D eigenvalue weighted by molar-refractivity contribution is 5.30. The minimum Gasteiger partial charge on any atom is -0.480 e. The molecule has 0 fully saturated rings. The second kappa shape index (κ2) is 5.10. The predicted molar refractivity (Wildman–Crippen MR) is 63.8 cm³/mol. The first-order chi connectivity index (χ1) is 8.60. The third-order valence-electron chi connectivity index (χ3n) is 2.53. The lowest BCUT2D eigenvalue weighted by atomic mass is 10.0. The number of aryl methyl sites for hydroxylation is 1. The lowest BCUT2D eigenvalue weighted by Gasteiger charge is -2.11. The number of halogens is 1. The summed E-state index contributed by atoms with van der Waals surface area (Å²) in [6.45, 7) is 1.76. The standard InChI is InChI=1S/C13H13FN2O2/c1-8-5-9(7-10(14)6-8)13(17)11-3-4-12(18-2)16-15-11/h3-7,13,17H,1-2H3. The first kappa shape index (κ1) is 12.4. The van der Waals surface area contributed by atoms with E-state index in [-0.39, 0.29) is 5.82 Å². The molecule has 94 valence electrons. The van der Waals surface area contributed by atoms with Crippen molar-refractivity contribution in [3.63, 3.8) is 0 Å². The van der Waals surface area contributed by atoms with Gasteiger partial charge in [-0.05, 0) is 36.2 Å². The Bertz CT molecular complexity index is 523. The Labute approximate surface area is 104 Å². The molecule has 0 bridgehead atoms. The maximum atomic E-state index is 13.3. The largest absolute Gasteiger partial charge is 0.480 e. The van der Waals surface area contributed by atoms with E-state index in [4.69, 9.17) is 4.74 Å². The lowest BCUT2D eigenvalue weighted by molar-refractivity contribution is 0.213. The van der Waals surface area contributed by atoms with Crippen LogP contribution in [0.3, 0.4) is 0 Å². The van der Waals surface area contributed by atoms with Gasteiger partial charge in [0.1, 0.15) is 11.9 Å². The molecule has 0 saturated carbocycles. The summed E-state index contributed by atoms with van der Waals surface area (Å²) in [5.41, 5.74) is 1.54. The smallest absolute Gasteiger partial charge is 0.233 e. The van der Waals surface area contributed by atoms with E-state index >= 15 is 0 Å². The van der Waals surface area contributed by atoms with Crippen LogP contribution in [0.4, 0.5) is 4.39 Å². The maximum absolute atomic E-state index is 13.3. The van der Waals surface area contributed by atoms with Gasteiger partial charge in [-0.1, -0.05) is 6.07 Å². The summed E-state index contributed by atoms with van der Waals surface area (Å²) in [7, 11) is 1.48. The number of rotatable bonds is 3. The van der Waals surface area contributed by atoms with Crippen LogP contribution in [-0.2, 0) is 0 Å². The van der Waals surface area contributed by atoms with E-state index in [9.17, 15) is 9.50 Å². The Morgan fingerprint density at radius 3 is 2.56 bits per heavy atom. The molecule has 0 aliphatic heterocycles. The van der Waals surface area contributed by atoms with Gasteiger partial charge in [0.05, 0.1) is 12.8 Å². The van der Waals surface area contributed by atoms with Crippen LogP contribution in [0.15, 0.2) is 30.3 Å². The van der Waals surface area contributed by atoms with E-state index in [1.54, 1.807) is 25.1 Å². The van der Waals surface area contributed by atoms with Gasteiger partial charge in [-0.3, -0.25) is 0 Å². The molecule has 1 N–H and O–H groups in total. The predicted octanol–water partition coefficient (Wildman–Crippen LogP) is 2.01. The number of aliphatic hydroxyl groups excluding tert-OH is 1. The molecule has 2 aromatic rings. The van der Waals surface area contributed by atoms with Crippen molar-refractivity contribution in [2.75, 3.05) is 7.11 Å². The zero-order valence-electron chi connectivity index (χ0n) is 10.1. The molecule has 2 rings (SSSR count). The van der Waals surface area contributed by atoms with Gasteiger partial charge in [-0.15, -0.1) is 10.2 Å². The van der Waals surface area contributed by atoms with Crippen LogP contribution < -0.4 is 4.74 Å². The number of hydrogen-bond acceptors (Lipinski definition) is 4. The second-order valence-corrected chi connectivity index (χ2v) is 3.97. The van der Waals surface area contributed by atoms with Crippen LogP contribution in [-0.4, -0.2) is 22.4 Å². The van der Waals surface area contributed by atoms with Crippen LogP contribution in [0.1, 0.15) is 22.9 Å². The summed E-state index contributed by atoms with van der Waals surface area (Å²) in [5.74, 6) is -0.0214. The second-order valence-electron chi connectivity index (χ2n) is 3.97. The van der Waals surface area contributed by atoms with E-state index in [2.05, 4.69) is 10.2 Å². The first-order valence-electron chi connectivity index (χ1n) is 5.43. The number of aromatic nitrogens is 2. The van der Waals surface area contributed by atoms with Gasteiger partial charge < -0.3 is 9.84 Å². The fourth-order valence-electron chi connectivity index (χ4n) is 1.68. The maximum Gasteiger partial charge on any atom is 0.233 e. The summed E-state index contributed by atoms with van der Waals surface area (Å²) in [4.78, 5) is 0. The molecule has 1 aromatic heterocycles. The normalized spacial score (nSPS) is 12.2. The van der Waals surface area contributed by atoms with E-state index in [1.807, 2.05) is 0 Å². The molecule has 1 unspecified atom stereocenters. The van der Waals surface area contributed by atoms with Crippen molar-refractivity contribution in [3.05, 3.63) is 53.0 Å². The molecule has 0 aliphatic rings. The monoisotopic (exact) mass is 248 g/mol. The highest BCUT2D eigenvalue weighted by atomic mass is 19.1. The summed E-state index contributed by atoms with van der Waals surface area (Å²) in [6, 6.07) is 7.58. The van der Waals surface area contributed by atoms with E-state index < -0.39 is 6.10 Å². The number of methoxy groups -OCH3 is 1. The van der Waals surface area contributed by atoms with Crippen molar-refractivity contribution in [2.24, 2.45) is 0 Å². The SMILES string of the molecule is COc1ccc(C(O)c2cc(C)cc(F)c2)nn1. The van der Waals surface area contributed by atoms with Crippen molar-refractivity contribution < 1.29 is 14.2 Å². The van der Waals surface area contributed by atoms with Crippen LogP contribution in [0.25, 0.3) is 0 Å². The number of aliphatic hydroxyl groups is 1. The van der Waals surface area contributed by atoms with Gasteiger partial charge in [-0.25, -0.2) is 4.39 Å². The van der Waals surface area contributed by atoms with Gasteiger partial charge in [-0.2, -0.15) is 0 Å². The molecule has 0 spiro atoms. The third-order valence-corrected chi connectivity index (χ3v) is 2.53. The van der Waals surface area contributed by atoms with Crippen molar-refractivity contribution in [1.29, 1.82) is 0 Å². The van der Waals surface area contributed by atoms with Crippen molar-refractivity contribution in [2.45, 2.75) is 13.0 Å². The average Bonchev–Trinajstić information content (AvgIpc) is 2.37. The third kappa shape index (κ3) is 2.62. The molecule has 0 radical (unpaired) electrons. The Kier molecular flexibility index (Phi) is 3.53. The highest BCUT2D eigenvalue weighted by Crippen LogP contribution is 2.22. The zero-order chi connectivity index (χ0) is 13.1. The van der Waals surface area contributed by atoms with Crippen molar-refractivity contribution in [3.8, 4) is 5.88 Å². The van der Waals surface area contributed by atoms with Crippen LogP contribution >= 0.6 is 0 Å². The van der Waals surface area contributed by atoms with Crippen molar-refractivity contribution in [1.82, 2.24) is 10.2 Å². The average molecular weight is 248 g/mol. The number of ether oxygens (including phenoxy) is 1. The zero-order valence-corrected chi connectivity index (χ0v) is 10.1. The van der Waals surface area contributed by atoms with Crippen LogP contribution in [0.2, 0.25) is 0 Å². The number of nitrogens with zero attached hydrogens (tertiary/aromatic N) is 2. The van der Waals surface area contributed by atoms with Gasteiger partial charge >= 0.3 is 0 Å². The molecule has 4 nitrogen and oxygen atoms in total. The molecular weight excluding hydrogens is 235 g/mol. The number of benzene rings is 1. The molecule has 5 heteroatoms. The Hall–Kier alpha value is -2.01. The van der Waals surface area contributed by atoms with E-state index in [0.29, 0.717) is 17.1 Å². The molecular formula is C13H13FN2O2. The lowest BCUT2D eigenvalue weighted by Crippen LogP contribution is -2.05. The summed E-state index contributed by atoms with van der Waals surface area (Å²) in [6.07, 6.45) is -1.00. The number of hydrogen-bond donors (Lipinski definition) is 1. The van der Waals surface area contributed by atoms with Gasteiger partial charge in [0.25, 0.3) is 0 Å². The highest BCUT2D eigenvalue weighted by Gasteiger charge is 2.14. The molecule has 1 heterocycles. The topological polar surface area (TPSA) is 55.2 Å². The van der Waals surface area contributed by atoms with Crippen LogP contribution in [0.5, 0.6) is 5.88 Å². The summed E-state index contributed by atoms with van der Waals surface area (Å²) in [5, 5.41) is 17.7. The Morgan fingerprint density at radius 2 is 2.00 bits per heavy atom. The fraction of sp³-hybridized carbons (Fsp3) is 0.231. The van der Waals surface area contributed by atoms with E-state index in [0.717, 1.165) is 5.56 Å². The first-order valence-corrected chi connectivity index (χ1v) is 5.43. The minimum atomic E-state index is -1.00. The van der Waals surface area contributed by atoms with Gasteiger partial charge in [0.2, 0.25) is 5.88 Å².